The van der Waals surface area contributed by atoms with Gasteiger partial charge in [-0.2, -0.15) is 13.2 Å². The van der Waals surface area contributed by atoms with E-state index in [1.54, 1.807) is 7.05 Å². The van der Waals surface area contributed by atoms with E-state index in [-0.39, 0.29) is 6.04 Å². The molecule has 1 atom stereocenters. The molecule has 2 rings (SSSR count). The van der Waals surface area contributed by atoms with Crippen molar-refractivity contribution in [3.8, 4) is 5.75 Å². The van der Waals surface area contributed by atoms with Crippen LogP contribution in [0.25, 0.3) is 0 Å². The topological polar surface area (TPSA) is 48.9 Å². The molecule has 8 heteroatoms. The second kappa shape index (κ2) is 10.4. The van der Waals surface area contributed by atoms with Gasteiger partial charge in [-0.05, 0) is 37.0 Å². The Balaban J connectivity index is 1.73. The molecule has 0 amide bonds. The summed E-state index contributed by atoms with van der Waals surface area (Å²) in [6, 6.07) is 7.97. The van der Waals surface area contributed by atoms with E-state index in [4.69, 9.17) is 4.74 Å². The SMILES string of the molecule is CCCOc1cccc(CCNC(=NC)NC2CCN(CC(F)(F)F)C2)c1. The highest BCUT2D eigenvalue weighted by atomic mass is 19.4. The molecule has 5 nitrogen and oxygen atoms in total. The van der Waals surface area contributed by atoms with Crippen molar-refractivity contribution in [2.24, 2.45) is 4.99 Å². The predicted molar refractivity (Wildman–Crippen MR) is 101 cm³/mol. The number of nitrogens with zero attached hydrogens (tertiary/aromatic N) is 2. The maximum atomic E-state index is 12.5. The number of hydrogen-bond donors (Lipinski definition) is 2. The lowest BCUT2D eigenvalue weighted by Gasteiger charge is -2.19. The van der Waals surface area contributed by atoms with E-state index in [1.807, 2.05) is 24.3 Å². The molecule has 1 aromatic carbocycles. The molecular weight excluding hydrogens is 357 g/mol. The molecule has 1 aliphatic rings. The van der Waals surface area contributed by atoms with Crippen LogP contribution in [-0.4, -0.2) is 62.9 Å². The fourth-order valence-corrected chi connectivity index (χ4v) is 3.07. The summed E-state index contributed by atoms with van der Waals surface area (Å²) in [5, 5.41) is 6.44. The number of rotatable bonds is 8. The van der Waals surface area contributed by atoms with E-state index in [2.05, 4.69) is 22.5 Å². The molecule has 27 heavy (non-hydrogen) atoms. The summed E-state index contributed by atoms with van der Waals surface area (Å²) in [7, 11) is 1.66. The molecule has 1 aromatic rings. The molecular formula is C19H29F3N4O. The number of likely N-dealkylation sites (tertiary alicyclic amines) is 1. The Bertz CT molecular complexity index is 607. The second-order valence-electron chi connectivity index (χ2n) is 6.73. The summed E-state index contributed by atoms with van der Waals surface area (Å²) in [5.74, 6) is 1.49. The van der Waals surface area contributed by atoms with Gasteiger partial charge in [0, 0.05) is 32.7 Å². The summed E-state index contributed by atoms with van der Waals surface area (Å²) in [6.07, 6.45) is -1.71. The van der Waals surface area contributed by atoms with Gasteiger partial charge in [-0.3, -0.25) is 9.89 Å². The number of hydrogen-bond acceptors (Lipinski definition) is 3. The predicted octanol–water partition coefficient (Wildman–Crippen LogP) is 2.82. The summed E-state index contributed by atoms with van der Waals surface area (Å²) in [4.78, 5) is 5.59. The molecule has 0 bridgehead atoms. The molecule has 2 N–H and O–H groups in total. The van der Waals surface area contributed by atoms with Gasteiger partial charge in [-0.15, -0.1) is 0 Å². The lowest BCUT2D eigenvalue weighted by atomic mass is 10.1. The monoisotopic (exact) mass is 386 g/mol. The van der Waals surface area contributed by atoms with E-state index in [9.17, 15) is 13.2 Å². The van der Waals surface area contributed by atoms with Crippen molar-refractivity contribution in [2.45, 2.75) is 38.4 Å². The van der Waals surface area contributed by atoms with E-state index < -0.39 is 12.7 Å². The van der Waals surface area contributed by atoms with Crippen LogP contribution in [0.2, 0.25) is 0 Å². The molecule has 1 unspecified atom stereocenters. The largest absolute Gasteiger partial charge is 0.494 e. The highest BCUT2D eigenvalue weighted by molar-refractivity contribution is 5.80. The van der Waals surface area contributed by atoms with Crippen LogP contribution in [0.5, 0.6) is 5.75 Å². The third kappa shape index (κ3) is 8.07. The molecule has 1 fully saturated rings. The average molecular weight is 386 g/mol. The van der Waals surface area contributed by atoms with Crippen molar-refractivity contribution in [1.29, 1.82) is 0 Å². The minimum Gasteiger partial charge on any atom is -0.494 e. The van der Waals surface area contributed by atoms with Crippen LogP contribution < -0.4 is 15.4 Å². The van der Waals surface area contributed by atoms with Crippen molar-refractivity contribution in [1.82, 2.24) is 15.5 Å². The maximum absolute atomic E-state index is 12.5. The first-order valence-corrected chi connectivity index (χ1v) is 9.37. The number of alkyl halides is 3. The van der Waals surface area contributed by atoms with Gasteiger partial charge in [0.25, 0.3) is 0 Å². The van der Waals surface area contributed by atoms with Gasteiger partial charge in [-0.1, -0.05) is 19.1 Å². The molecule has 152 valence electrons. The first-order chi connectivity index (χ1) is 12.9. The van der Waals surface area contributed by atoms with Gasteiger partial charge in [-0.25, -0.2) is 0 Å². The van der Waals surface area contributed by atoms with E-state index in [1.165, 1.54) is 4.90 Å². The van der Waals surface area contributed by atoms with Gasteiger partial charge in [0.15, 0.2) is 5.96 Å². The number of nitrogens with one attached hydrogen (secondary N) is 2. The fourth-order valence-electron chi connectivity index (χ4n) is 3.07. The van der Waals surface area contributed by atoms with Crippen molar-refractivity contribution in [2.75, 3.05) is 39.8 Å². The Morgan fingerprint density at radius 3 is 2.89 bits per heavy atom. The van der Waals surface area contributed by atoms with Gasteiger partial charge in [0.05, 0.1) is 13.2 Å². The highest BCUT2D eigenvalue weighted by Crippen LogP contribution is 2.20. The molecule has 1 saturated heterocycles. The number of ether oxygens (including phenoxy) is 1. The molecule has 1 aliphatic heterocycles. The second-order valence-corrected chi connectivity index (χ2v) is 6.73. The van der Waals surface area contributed by atoms with Gasteiger partial charge >= 0.3 is 6.18 Å². The Kier molecular flexibility index (Phi) is 8.22. The van der Waals surface area contributed by atoms with Crippen molar-refractivity contribution in [3.05, 3.63) is 29.8 Å². The molecule has 1 heterocycles. The zero-order chi connectivity index (χ0) is 19.7. The average Bonchev–Trinajstić information content (AvgIpc) is 3.04. The summed E-state index contributed by atoms with van der Waals surface area (Å²) >= 11 is 0. The Morgan fingerprint density at radius 1 is 1.37 bits per heavy atom. The highest BCUT2D eigenvalue weighted by Gasteiger charge is 2.34. The molecule has 0 radical (unpaired) electrons. The van der Waals surface area contributed by atoms with Crippen LogP contribution in [0.1, 0.15) is 25.3 Å². The smallest absolute Gasteiger partial charge is 0.401 e. The fraction of sp³-hybridized carbons (Fsp3) is 0.632. The maximum Gasteiger partial charge on any atom is 0.401 e. The molecule has 0 aromatic heterocycles. The van der Waals surface area contributed by atoms with Crippen molar-refractivity contribution in [3.63, 3.8) is 0 Å². The number of halogens is 3. The van der Waals surface area contributed by atoms with Crippen LogP contribution in [0.4, 0.5) is 13.2 Å². The lowest BCUT2D eigenvalue weighted by molar-refractivity contribution is -0.143. The molecule has 0 aliphatic carbocycles. The zero-order valence-corrected chi connectivity index (χ0v) is 16.0. The summed E-state index contributed by atoms with van der Waals surface area (Å²) in [5.41, 5.74) is 1.16. The first-order valence-electron chi connectivity index (χ1n) is 9.37. The number of guanidine groups is 1. The van der Waals surface area contributed by atoms with Gasteiger partial charge in [0.1, 0.15) is 5.75 Å². The van der Waals surface area contributed by atoms with Gasteiger partial charge < -0.3 is 15.4 Å². The third-order valence-electron chi connectivity index (χ3n) is 4.32. The van der Waals surface area contributed by atoms with Crippen molar-refractivity contribution < 1.29 is 17.9 Å². The standard InChI is InChI=1S/C19H29F3N4O/c1-3-11-27-17-6-4-5-15(12-17)7-9-24-18(23-2)25-16-8-10-26(13-16)14-19(20,21)22/h4-6,12,16H,3,7-11,13-14H2,1-2H3,(H2,23,24,25). The van der Waals surface area contributed by atoms with Crippen molar-refractivity contribution >= 4 is 5.96 Å². The van der Waals surface area contributed by atoms with E-state index in [0.29, 0.717) is 38.6 Å². The normalized spacial score (nSPS) is 18.6. The summed E-state index contributed by atoms with van der Waals surface area (Å²) in [6.45, 7) is 3.41. The quantitative estimate of drug-likeness (QED) is 0.533. The van der Waals surface area contributed by atoms with Gasteiger partial charge in [0.2, 0.25) is 0 Å². The Hall–Kier alpha value is -1.96. The number of benzene rings is 1. The van der Waals surface area contributed by atoms with E-state index >= 15 is 0 Å². The Labute approximate surface area is 159 Å². The van der Waals surface area contributed by atoms with Crippen LogP contribution in [-0.2, 0) is 6.42 Å². The molecule has 0 spiro atoms. The molecule has 0 saturated carbocycles. The lowest BCUT2D eigenvalue weighted by Crippen LogP contribution is -2.45. The number of aliphatic imine (C=N–C) groups is 1. The van der Waals surface area contributed by atoms with Crippen LogP contribution >= 0.6 is 0 Å². The minimum atomic E-state index is -4.15. The van der Waals surface area contributed by atoms with Crippen LogP contribution in [0, 0.1) is 0 Å². The zero-order valence-electron chi connectivity index (χ0n) is 16.0. The first kappa shape index (κ1) is 21.3. The van der Waals surface area contributed by atoms with Crippen LogP contribution in [0.15, 0.2) is 29.3 Å². The Morgan fingerprint density at radius 2 is 2.19 bits per heavy atom. The van der Waals surface area contributed by atoms with E-state index in [0.717, 1.165) is 24.2 Å². The third-order valence-corrected chi connectivity index (χ3v) is 4.32. The van der Waals surface area contributed by atoms with Crippen LogP contribution in [0.3, 0.4) is 0 Å². The summed E-state index contributed by atoms with van der Waals surface area (Å²) < 4.78 is 43.1. The minimum absolute atomic E-state index is 0.0238.